The average Bonchev–Trinajstić information content (AvgIpc) is 2.62. The van der Waals surface area contributed by atoms with Crippen molar-refractivity contribution < 1.29 is 9.90 Å². The standard InChI is InChI=1S/C12H19N3O2/c1-3-10-12(5-4-6-14(12)2)8-15(10)9(7-16)11(13)17/h1,9-10,16H,4-8H2,2H3,(H2,13,17)/t9-,10?,12?/m0/s1. The van der Waals surface area contributed by atoms with Crippen molar-refractivity contribution in [2.24, 2.45) is 5.73 Å². The third-order valence-electron chi connectivity index (χ3n) is 4.22. The summed E-state index contributed by atoms with van der Waals surface area (Å²) in [6.45, 7) is 1.48. The van der Waals surface area contributed by atoms with Crippen LogP contribution < -0.4 is 5.73 Å². The number of nitrogens with zero attached hydrogens (tertiary/aromatic N) is 2. The predicted octanol–water partition coefficient (Wildman–Crippen LogP) is -1.39. The van der Waals surface area contributed by atoms with Gasteiger partial charge in [0.2, 0.25) is 5.91 Å². The van der Waals surface area contributed by atoms with Gasteiger partial charge in [-0.25, -0.2) is 0 Å². The second-order valence-electron chi connectivity index (χ2n) is 4.97. The number of carbonyl (C=O) groups excluding carboxylic acids is 1. The molecule has 0 aromatic heterocycles. The van der Waals surface area contributed by atoms with Crippen LogP contribution in [-0.2, 0) is 4.79 Å². The lowest BCUT2D eigenvalue weighted by Crippen LogP contribution is -2.76. The van der Waals surface area contributed by atoms with E-state index in [2.05, 4.69) is 17.9 Å². The van der Waals surface area contributed by atoms with Gasteiger partial charge in [-0.3, -0.25) is 14.6 Å². The van der Waals surface area contributed by atoms with Crippen molar-refractivity contribution in [1.29, 1.82) is 0 Å². The highest BCUT2D eigenvalue weighted by molar-refractivity contribution is 5.80. The molecule has 2 heterocycles. The number of terminal acetylenes is 1. The van der Waals surface area contributed by atoms with Crippen molar-refractivity contribution in [2.75, 3.05) is 26.7 Å². The Morgan fingerprint density at radius 3 is 2.88 bits per heavy atom. The molecule has 0 aromatic carbocycles. The van der Waals surface area contributed by atoms with E-state index in [0.717, 1.165) is 19.4 Å². The Hall–Kier alpha value is -1.09. The van der Waals surface area contributed by atoms with Crippen molar-refractivity contribution in [3.63, 3.8) is 0 Å². The summed E-state index contributed by atoms with van der Waals surface area (Å²) < 4.78 is 0. The molecule has 3 N–H and O–H groups in total. The molecule has 0 radical (unpaired) electrons. The molecule has 17 heavy (non-hydrogen) atoms. The Balaban J connectivity index is 2.16. The minimum Gasteiger partial charge on any atom is -0.394 e. The second-order valence-corrected chi connectivity index (χ2v) is 4.97. The second kappa shape index (κ2) is 4.30. The van der Waals surface area contributed by atoms with Gasteiger partial charge in [-0.1, -0.05) is 5.92 Å². The molecule has 0 bridgehead atoms. The maximum absolute atomic E-state index is 11.2. The van der Waals surface area contributed by atoms with Crippen LogP contribution in [0.5, 0.6) is 0 Å². The highest BCUT2D eigenvalue weighted by atomic mass is 16.3. The van der Waals surface area contributed by atoms with Crippen molar-refractivity contribution in [2.45, 2.75) is 30.5 Å². The fourth-order valence-corrected chi connectivity index (χ4v) is 3.17. The summed E-state index contributed by atoms with van der Waals surface area (Å²) in [5, 5.41) is 9.22. The van der Waals surface area contributed by atoms with Crippen LogP contribution in [0, 0.1) is 12.3 Å². The summed E-state index contributed by atoms with van der Waals surface area (Å²) in [4.78, 5) is 15.4. The Morgan fingerprint density at radius 2 is 2.47 bits per heavy atom. The molecule has 3 atom stereocenters. The number of rotatable bonds is 3. The smallest absolute Gasteiger partial charge is 0.237 e. The topological polar surface area (TPSA) is 69.8 Å². The van der Waals surface area contributed by atoms with Crippen LogP contribution in [0.4, 0.5) is 0 Å². The molecule has 2 unspecified atom stereocenters. The highest BCUT2D eigenvalue weighted by Crippen LogP contribution is 2.42. The van der Waals surface area contributed by atoms with E-state index < -0.39 is 11.9 Å². The van der Waals surface area contributed by atoms with Gasteiger partial charge in [-0.2, -0.15) is 0 Å². The zero-order chi connectivity index (χ0) is 12.6. The average molecular weight is 237 g/mol. The molecule has 2 rings (SSSR count). The van der Waals surface area contributed by atoms with E-state index in [4.69, 9.17) is 12.2 Å². The van der Waals surface area contributed by atoms with Gasteiger partial charge in [0, 0.05) is 6.54 Å². The maximum atomic E-state index is 11.2. The zero-order valence-corrected chi connectivity index (χ0v) is 10.1. The summed E-state index contributed by atoms with van der Waals surface area (Å²) in [6, 6.07) is -0.782. The van der Waals surface area contributed by atoms with Crippen molar-refractivity contribution >= 4 is 5.91 Å². The summed E-state index contributed by atoms with van der Waals surface area (Å²) in [5.74, 6) is 2.24. The van der Waals surface area contributed by atoms with Gasteiger partial charge >= 0.3 is 0 Å². The van der Waals surface area contributed by atoms with Gasteiger partial charge in [0.15, 0.2) is 0 Å². The lowest BCUT2D eigenvalue weighted by Gasteiger charge is -2.58. The Bertz CT molecular complexity index is 365. The first-order valence-electron chi connectivity index (χ1n) is 5.90. The molecule has 0 saturated carbocycles. The van der Waals surface area contributed by atoms with E-state index in [1.807, 2.05) is 4.90 Å². The van der Waals surface area contributed by atoms with Crippen molar-refractivity contribution in [3.8, 4) is 12.3 Å². The molecule has 2 fully saturated rings. The first-order valence-corrected chi connectivity index (χ1v) is 5.90. The van der Waals surface area contributed by atoms with Gasteiger partial charge in [0.1, 0.15) is 6.04 Å². The van der Waals surface area contributed by atoms with Crippen LogP contribution in [0.2, 0.25) is 0 Å². The van der Waals surface area contributed by atoms with Gasteiger partial charge in [0.05, 0.1) is 18.2 Å². The normalized spacial score (nSPS) is 35.5. The molecule has 2 aliphatic heterocycles. The number of likely N-dealkylation sites (N-methyl/N-ethyl adjacent to an activating group) is 1. The molecule has 5 nitrogen and oxygen atoms in total. The molecule has 5 heteroatoms. The maximum Gasteiger partial charge on any atom is 0.237 e. The number of aliphatic hydroxyl groups excluding tert-OH is 1. The number of amides is 1. The summed E-state index contributed by atoms with van der Waals surface area (Å²) in [6.07, 6.45) is 7.76. The Kier molecular flexibility index (Phi) is 3.13. The molecular formula is C12H19N3O2. The third kappa shape index (κ3) is 1.64. The van der Waals surface area contributed by atoms with Crippen LogP contribution >= 0.6 is 0 Å². The van der Waals surface area contributed by atoms with Gasteiger partial charge in [-0.15, -0.1) is 6.42 Å². The van der Waals surface area contributed by atoms with Gasteiger partial charge in [0.25, 0.3) is 0 Å². The molecule has 0 aliphatic carbocycles. The Morgan fingerprint density at radius 1 is 1.76 bits per heavy atom. The number of likely N-dealkylation sites (tertiary alicyclic amines) is 2. The predicted molar refractivity (Wildman–Crippen MR) is 64.0 cm³/mol. The lowest BCUT2D eigenvalue weighted by atomic mass is 9.77. The first-order chi connectivity index (χ1) is 8.06. The van der Waals surface area contributed by atoms with Crippen LogP contribution in [0.3, 0.4) is 0 Å². The molecule has 0 aromatic rings. The minimum absolute atomic E-state index is 0.0163. The van der Waals surface area contributed by atoms with Crippen LogP contribution in [-0.4, -0.2) is 65.2 Å². The zero-order valence-electron chi connectivity index (χ0n) is 10.1. The van der Waals surface area contributed by atoms with Gasteiger partial charge < -0.3 is 10.8 Å². The number of nitrogens with two attached hydrogens (primary N) is 1. The summed E-state index contributed by atoms with van der Waals surface area (Å²) in [5.41, 5.74) is 5.26. The monoisotopic (exact) mass is 237 g/mol. The van der Waals surface area contributed by atoms with E-state index in [-0.39, 0.29) is 18.2 Å². The van der Waals surface area contributed by atoms with E-state index in [1.54, 1.807) is 0 Å². The number of primary amides is 1. The Labute approximate surface area is 102 Å². The summed E-state index contributed by atoms with van der Waals surface area (Å²) >= 11 is 0. The van der Waals surface area contributed by atoms with Gasteiger partial charge in [-0.05, 0) is 26.4 Å². The number of carbonyl (C=O) groups is 1. The molecular weight excluding hydrogens is 218 g/mol. The van der Waals surface area contributed by atoms with Crippen molar-refractivity contribution in [3.05, 3.63) is 0 Å². The first kappa shape index (κ1) is 12.4. The molecule has 1 amide bonds. The largest absolute Gasteiger partial charge is 0.394 e. The molecule has 2 saturated heterocycles. The van der Waals surface area contributed by atoms with E-state index in [1.165, 1.54) is 0 Å². The quantitative estimate of drug-likeness (QED) is 0.593. The molecule has 2 aliphatic rings. The fourth-order valence-electron chi connectivity index (χ4n) is 3.17. The van der Waals surface area contributed by atoms with E-state index in [9.17, 15) is 9.90 Å². The number of hydrogen-bond donors (Lipinski definition) is 2. The van der Waals surface area contributed by atoms with E-state index >= 15 is 0 Å². The SMILES string of the molecule is C#CC1N([C@@H](CO)C(N)=O)CC12CCCN2C. The van der Waals surface area contributed by atoms with E-state index in [0.29, 0.717) is 6.54 Å². The minimum atomic E-state index is -0.657. The van der Waals surface area contributed by atoms with Crippen LogP contribution in [0.15, 0.2) is 0 Å². The third-order valence-corrected chi connectivity index (χ3v) is 4.22. The fraction of sp³-hybridized carbons (Fsp3) is 0.750. The van der Waals surface area contributed by atoms with Crippen molar-refractivity contribution in [1.82, 2.24) is 9.80 Å². The molecule has 1 spiro atoms. The lowest BCUT2D eigenvalue weighted by molar-refractivity contribution is -0.137. The highest BCUT2D eigenvalue weighted by Gasteiger charge is 2.58. The van der Waals surface area contributed by atoms with Crippen LogP contribution in [0.25, 0.3) is 0 Å². The number of hydrogen-bond acceptors (Lipinski definition) is 4. The summed E-state index contributed by atoms with van der Waals surface area (Å²) in [7, 11) is 2.06. The van der Waals surface area contributed by atoms with Crippen LogP contribution in [0.1, 0.15) is 12.8 Å². The number of aliphatic hydroxyl groups is 1. The molecule has 94 valence electrons.